The van der Waals surface area contributed by atoms with Gasteiger partial charge in [0.15, 0.2) is 0 Å². The average molecular weight is 518 g/mol. The lowest BCUT2D eigenvalue weighted by Gasteiger charge is -2.27. The number of anilines is 2. The lowest BCUT2D eigenvalue weighted by molar-refractivity contribution is 0.640. The van der Waals surface area contributed by atoms with E-state index in [2.05, 4.69) is 77.1 Å². The zero-order chi connectivity index (χ0) is 24.9. The summed E-state index contributed by atoms with van der Waals surface area (Å²) < 4.78 is 0. The Kier molecular flexibility index (Phi) is 7.86. The van der Waals surface area contributed by atoms with Gasteiger partial charge < -0.3 is 10.6 Å². The smallest absolute Gasteiger partial charge is 0.227 e. The van der Waals surface area contributed by atoms with E-state index in [4.69, 9.17) is 28.2 Å². The van der Waals surface area contributed by atoms with Crippen LogP contribution in [0.25, 0.3) is 11.3 Å². The molecule has 0 aliphatic heterocycles. The van der Waals surface area contributed by atoms with E-state index in [0.29, 0.717) is 16.0 Å². The van der Waals surface area contributed by atoms with Crippen molar-refractivity contribution in [3.8, 4) is 11.3 Å². The van der Waals surface area contributed by atoms with Gasteiger partial charge >= 0.3 is 0 Å². The molecule has 1 aromatic heterocycles. The standard InChI is InChI=1S/C30H30Cl2N4/c1-2-3-15-33-16-14-20-8-11-23(12-9-20)35-30-34-19-22-17-26(21-10-13-27(31)28(32)18-21)24-6-4-5-7-25(24)29(22)36-30/h4-13,18-19,26,33H,2-3,14-17H2,1H3,(H,34,35,36). The molecular formula is C30H30Cl2N4. The van der Waals surface area contributed by atoms with Crippen molar-refractivity contribution in [1.82, 2.24) is 15.3 Å². The first-order chi connectivity index (χ1) is 17.6. The second-order valence-electron chi connectivity index (χ2n) is 9.26. The fraction of sp³-hybridized carbons (Fsp3) is 0.267. The maximum Gasteiger partial charge on any atom is 0.227 e. The number of unbranched alkanes of at least 4 members (excludes halogenated alkanes) is 1. The van der Waals surface area contributed by atoms with E-state index in [1.807, 2.05) is 18.3 Å². The molecule has 1 unspecified atom stereocenters. The van der Waals surface area contributed by atoms with Crippen molar-refractivity contribution in [1.29, 1.82) is 0 Å². The van der Waals surface area contributed by atoms with Gasteiger partial charge in [0.2, 0.25) is 5.95 Å². The van der Waals surface area contributed by atoms with Gasteiger partial charge in [-0.1, -0.05) is 79.0 Å². The Morgan fingerprint density at radius 1 is 0.944 bits per heavy atom. The summed E-state index contributed by atoms with van der Waals surface area (Å²) in [5.41, 5.74) is 7.92. The van der Waals surface area contributed by atoms with E-state index < -0.39 is 0 Å². The van der Waals surface area contributed by atoms with Crippen LogP contribution in [0.15, 0.2) is 72.9 Å². The summed E-state index contributed by atoms with van der Waals surface area (Å²) in [5, 5.41) is 8.03. The second kappa shape index (κ2) is 11.4. The summed E-state index contributed by atoms with van der Waals surface area (Å²) in [4.78, 5) is 9.57. The molecule has 0 fully saturated rings. The van der Waals surface area contributed by atoms with Crippen molar-refractivity contribution in [2.45, 2.75) is 38.5 Å². The van der Waals surface area contributed by atoms with Crippen LogP contribution in [0.2, 0.25) is 10.0 Å². The van der Waals surface area contributed by atoms with Crippen LogP contribution >= 0.6 is 23.2 Å². The predicted molar refractivity (Wildman–Crippen MR) is 151 cm³/mol. The lowest BCUT2D eigenvalue weighted by Crippen LogP contribution is -2.18. The molecule has 0 bridgehead atoms. The Balaban J connectivity index is 1.33. The van der Waals surface area contributed by atoms with Gasteiger partial charge in [0.05, 0.1) is 15.7 Å². The molecule has 0 saturated carbocycles. The molecule has 6 heteroatoms. The highest BCUT2D eigenvalue weighted by Crippen LogP contribution is 2.42. The fourth-order valence-electron chi connectivity index (χ4n) is 4.77. The number of halogens is 2. The predicted octanol–water partition coefficient (Wildman–Crippen LogP) is 7.81. The van der Waals surface area contributed by atoms with Crippen molar-refractivity contribution >= 4 is 34.8 Å². The van der Waals surface area contributed by atoms with Crippen molar-refractivity contribution < 1.29 is 0 Å². The monoisotopic (exact) mass is 516 g/mol. The van der Waals surface area contributed by atoms with Crippen molar-refractivity contribution in [2.24, 2.45) is 0 Å². The highest BCUT2D eigenvalue weighted by molar-refractivity contribution is 6.42. The van der Waals surface area contributed by atoms with Gasteiger partial charge in [0, 0.05) is 23.4 Å². The maximum absolute atomic E-state index is 6.34. The van der Waals surface area contributed by atoms with Crippen LogP contribution in [0.5, 0.6) is 0 Å². The van der Waals surface area contributed by atoms with Crippen LogP contribution in [-0.2, 0) is 12.8 Å². The Morgan fingerprint density at radius 3 is 2.58 bits per heavy atom. The summed E-state index contributed by atoms with van der Waals surface area (Å²) in [7, 11) is 0. The Hall–Kier alpha value is -2.92. The van der Waals surface area contributed by atoms with Gasteiger partial charge in [0.1, 0.15) is 0 Å². The molecule has 36 heavy (non-hydrogen) atoms. The number of hydrogen-bond donors (Lipinski definition) is 2. The number of hydrogen-bond acceptors (Lipinski definition) is 4. The minimum Gasteiger partial charge on any atom is -0.324 e. The van der Waals surface area contributed by atoms with Crippen molar-refractivity contribution in [2.75, 3.05) is 18.4 Å². The minimum absolute atomic E-state index is 0.176. The van der Waals surface area contributed by atoms with E-state index in [1.54, 1.807) is 0 Å². The number of rotatable bonds is 9. The first-order valence-electron chi connectivity index (χ1n) is 12.6. The number of benzene rings is 3. The SMILES string of the molecule is CCCCNCCc1ccc(Nc2ncc3c(n2)-c2ccccc2C(c2ccc(Cl)c(Cl)c2)C3)cc1. The zero-order valence-electron chi connectivity index (χ0n) is 20.4. The quantitative estimate of drug-likeness (QED) is 0.222. The van der Waals surface area contributed by atoms with E-state index in [9.17, 15) is 0 Å². The molecule has 1 atom stereocenters. The normalized spacial score (nSPS) is 14.2. The van der Waals surface area contributed by atoms with E-state index in [0.717, 1.165) is 54.0 Å². The summed E-state index contributed by atoms with van der Waals surface area (Å²) >= 11 is 12.5. The van der Waals surface area contributed by atoms with Gasteiger partial charge in [-0.15, -0.1) is 0 Å². The third-order valence-corrected chi connectivity index (χ3v) is 7.47. The first kappa shape index (κ1) is 24.8. The van der Waals surface area contributed by atoms with Gasteiger partial charge in [-0.3, -0.25) is 0 Å². The topological polar surface area (TPSA) is 49.8 Å². The Labute approximate surface area is 223 Å². The van der Waals surface area contributed by atoms with E-state index in [-0.39, 0.29) is 5.92 Å². The van der Waals surface area contributed by atoms with Gasteiger partial charge in [-0.25, -0.2) is 9.97 Å². The summed E-state index contributed by atoms with van der Waals surface area (Å²) in [6, 6.07) is 22.9. The molecule has 1 heterocycles. The fourth-order valence-corrected chi connectivity index (χ4v) is 5.07. The van der Waals surface area contributed by atoms with Crippen LogP contribution in [0, 0.1) is 0 Å². The molecule has 0 amide bonds. The third-order valence-electron chi connectivity index (χ3n) is 6.73. The first-order valence-corrected chi connectivity index (χ1v) is 13.3. The van der Waals surface area contributed by atoms with Crippen LogP contribution in [0.4, 0.5) is 11.6 Å². The number of nitrogens with one attached hydrogen (secondary N) is 2. The summed E-state index contributed by atoms with van der Waals surface area (Å²) in [5.74, 6) is 0.778. The van der Waals surface area contributed by atoms with Gasteiger partial charge in [0.25, 0.3) is 0 Å². The van der Waals surface area contributed by atoms with Crippen LogP contribution < -0.4 is 10.6 Å². The largest absolute Gasteiger partial charge is 0.324 e. The number of aromatic nitrogens is 2. The minimum atomic E-state index is 0.176. The Bertz CT molecular complexity index is 1340. The van der Waals surface area contributed by atoms with Gasteiger partial charge in [-0.2, -0.15) is 0 Å². The maximum atomic E-state index is 6.34. The molecule has 184 valence electrons. The summed E-state index contributed by atoms with van der Waals surface area (Å²) in [6.07, 6.45) is 6.23. The van der Waals surface area contributed by atoms with E-state index in [1.165, 1.54) is 24.0 Å². The molecule has 2 N–H and O–H groups in total. The molecule has 0 saturated heterocycles. The lowest BCUT2D eigenvalue weighted by atomic mass is 9.78. The zero-order valence-corrected chi connectivity index (χ0v) is 21.9. The molecular weight excluding hydrogens is 487 g/mol. The van der Waals surface area contributed by atoms with Crippen molar-refractivity contribution in [3.05, 3.63) is 105 Å². The van der Waals surface area contributed by atoms with Crippen LogP contribution in [0.1, 0.15) is 47.9 Å². The summed E-state index contributed by atoms with van der Waals surface area (Å²) in [6.45, 7) is 4.30. The third kappa shape index (κ3) is 5.57. The average Bonchev–Trinajstić information content (AvgIpc) is 2.91. The van der Waals surface area contributed by atoms with Crippen LogP contribution in [0.3, 0.4) is 0 Å². The molecule has 1 aliphatic carbocycles. The molecule has 3 aromatic carbocycles. The number of fused-ring (bicyclic) bond motifs is 3. The van der Waals surface area contributed by atoms with Crippen molar-refractivity contribution in [3.63, 3.8) is 0 Å². The second-order valence-corrected chi connectivity index (χ2v) is 10.1. The molecule has 4 aromatic rings. The van der Waals surface area contributed by atoms with Gasteiger partial charge in [-0.05, 0) is 78.9 Å². The molecule has 0 spiro atoms. The molecule has 1 aliphatic rings. The highest BCUT2D eigenvalue weighted by atomic mass is 35.5. The molecule has 0 radical (unpaired) electrons. The Morgan fingerprint density at radius 2 is 1.78 bits per heavy atom. The van der Waals surface area contributed by atoms with E-state index >= 15 is 0 Å². The number of nitrogens with zero attached hydrogens (tertiary/aromatic N) is 2. The highest BCUT2D eigenvalue weighted by Gasteiger charge is 2.27. The molecule has 4 nitrogen and oxygen atoms in total. The van der Waals surface area contributed by atoms with Crippen LogP contribution in [-0.4, -0.2) is 23.1 Å². The molecule has 5 rings (SSSR count).